The average Bonchev–Trinajstić information content (AvgIpc) is 2.63. The van der Waals surface area contributed by atoms with E-state index in [1.165, 1.54) is 22.3 Å². The minimum absolute atomic E-state index is 0. The van der Waals surface area contributed by atoms with Gasteiger partial charge in [-0.3, -0.25) is 0 Å². The molecule has 0 heterocycles. The smallest absolute Gasteiger partial charge is 0.211 e. The Hall–Kier alpha value is -0.534. The topological polar surface area (TPSA) is 0 Å². The molecule has 0 unspecified atom stereocenters. The van der Waals surface area contributed by atoms with E-state index in [0.29, 0.717) is 0 Å². The van der Waals surface area contributed by atoms with E-state index in [9.17, 15) is 0 Å². The van der Waals surface area contributed by atoms with Crippen molar-refractivity contribution in [2.24, 2.45) is 0 Å². The van der Waals surface area contributed by atoms with Crippen LogP contribution in [0.5, 0.6) is 0 Å². The fraction of sp³-hybridized carbons (Fsp3) is 0.286. The van der Waals surface area contributed by atoms with Gasteiger partial charge < -0.3 is 0 Å². The molecule has 0 aliphatic rings. The van der Waals surface area contributed by atoms with Gasteiger partial charge in [0.25, 0.3) is 0 Å². The molecule has 0 aliphatic carbocycles. The van der Waals surface area contributed by atoms with Gasteiger partial charge in [0, 0.05) is 0 Å². The fourth-order valence-electron chi connectivity index (χ4n) is 1.44. The quantitative estimate of drug-likeness (QED) is 0.460. The SMILES string of the molecule is Cc1cc[c-](C)c1.Cc1cc[c-](C)c1.[Mg+2]. The van der Waals surface area contributed by atoms with E-state index in [4.69, 9.17) is 0 Å². The number of aryl methyl sites for hydroxylation is 4. The van der Waals surface area contributed by atoms with Crippen molar-refractivity contribution in [1.29, 1.82) is 0 Å². The Morgan fingerprint density at radius 1 is 0.800 bits per heavy atom. The Kier molecular flexibility index (Phi) is 6.62. The van der Waals surface area contributed by atoms with E-state index < -0.39 is 0 Å². The predicted molar refractivity (Wildman–Crippen MR) is 68.8 cm³/mol. The molecule has 0 spiro atoms. The summed E-state index contributed by atoms with van der Waals surface area (Å²) in [5, 5.41) is 0. The second-order valence-corrected chi connectivity index (χ2v) is 3.93. The summed E-state index contributed by atoms with van der Waals surface area (Å²) in [6.07, 6.45) is 0. The summed E-state index contributed by atoms with van der Waals surface area (Å²) >= 11 is 0. The third kappa shape index (κ3) is 5.80. The normalized spacial score (nSPS) is 8.80. The molecule has 0 saturated carbocycles. The van der Waals surface area contributed by atoms with Crippen LogP contribution in [-0.2, 0) is 0 Å². The maximum atomic E-state index is 2.17. The van der Waals surface area contributed by atoms with E-state index in [1.807, 2.05) is 0 Å². The van der Waals surface area contributed by atoms with Crippen LogP contribution in [0.25, 0.3) is 0 Å². The number of hydrogen-bond acceptors (Lipinski definition) is 0. The first-order valence-corrected chi connectivity index (χ1v) is 4.98. The summed E-state index contributed by atoms with van der Waals surface area (Å²) < 4.78 is 0. The van der Waals surface area contributed by atoms with E-state index in [-0.39, 0.29) is 23.1 Å². The zero-order valence-corrected chi connectivity index (χ0v) is 11.6. The minimum Gasteiger partial charge on any atom is -0.211 e. The van der Waals surface area contributed by atoms with Crippen LogP contribution in [0.2, 0.25) is 0 Å². The number of hydrogen-bond donors (Lipinski definition) is 0. The van der Waals surface area contributed by atoms with Crippen LogP contribution < -0.4 is 0 Å². The molecule has 1 heteroatoms. The summed E-state index contributed by atoms with van der Waals surface area (Å²) in [4.78, 5) is 0. The van der Waals surface area contributed by atoms with Gasteiger partial charge in [-0.1, -0.05) is 27.7 Å². The van der Waals surface area contributed by atoms with Gasteiger partial charge in [0.2, 0.25) is 0 Å². The first-order chi connectivity index (χ1) is 6.58. The Labute approximate surface area is 109 Å². The van der Waals surface area contributed by atoms with Gasteiger partial charge in [0.05, 0.1) is 0 Å². The monoisotopic (exact) mass is 210 g/mol. The van der Waals surface area contributed by atoms with Crippen LogP contribution in [-0.4, -0.2) is 23.1 Å². The third-order valence-electron chi connectivity index (χ3n) is 2.13. The Morgan fingerprint density at radius 3 is 1.20 bits per heavy atom. The van der Waals surface area contributed by atoms with Gasteiger partial charge in [-0.25, -0.2) is 23.3 Å². The molecule has 0 aromatic heterocycles. The van der Waals surface area contributed by atoms with Gasteiger partial charge in [0.15, 0.2) is 0 Å². The first-order valence-electron chi connectivity index (χ1n) is 4.98. The van der Waals surface area contributed by atoms with Crippen LogP contribution >= 0.6 is 0 Å². The van der Waals surface area contributed by atoms with Crippen molar-refractivity contribution in [3.63, 3.8) is 0 Å². The second-order valence-electron chi connectivity index (χ2n) is 3.93. The third-order valence-corrected chi connectivity index (χ3v) is 2.13. The molecular weight excluding hydrogens is 192 g/mol. The zero-order valence-electron chi connectivity index (χ0n) is 10.2. The molecule has 0 N–H and O–H groups in total. The van der Waals surface area contributed by atoms with E-state index in [0.717, 1.165) is 0 Å². The molecule has 0 fully saturated rings. The molecule has 2 aromatic carbocycles. The van der Waals surface area contributed by atoms with Gasteiger partial charge in [-0.05, 0) is 0 Å². The van der Waals surface area contributed by atoms with Crippen molar-refractivity contribution < 1.29 is 0 Å². The molecule has 0 aliphatic heterocycles. The van der Waals surface area contributed by atoms with E-state index in [1.54, 1.807) is 0 Å². The Balaban J connectivity index is 0.000000245. The molecule has 0 bridgehead atoms. The standard InChI is InChI=1S/2C7H9.Mg/c2*1-6-3-4-7(2)5-6;/h2*3-5H,1-2H3;/q2*-1;+2. The van der Waals surface area contributed by atoms with Crippen LogP contribution in [0, 0.1) is 27.7 Å². The fourth-order valence-corrected chi connectivity index (χ4v) is 1.44. The maximum absolute atomic E-state index is 2.17. The molecule has 0 atom stereocenters. The summed E-state index contributed by atoms with van der Waals surface area (Å²) in [7, 11) is 0. The molecular formula is C14H18Mg. The average molecular weight is 211 g/mol. The van der Waals surface area contributed by atoms with Crippen LogP contribution in [0.1, 0.15) is 22.3 Å². The molecule has 0 saturated heterocycles. The summed E-state index contributed by atoms with van der Waals surface area (Å²) in [6, 6.07) is 12.8. The molecule has 2 aromatic rings. The van der Waals surface area contributed by atoms with Gasteiger partial charge in [0.1, 0.15) is 0 Å². The minimum atomic E-state index is 0. The summed E-state index contributed by atoms with van der Waals surface area (Å²) in [5.41, 5.74) is 5.44. The van der Waals surface area contributed by atoms with Crippen molar-refractivity contribution in [2.75, 3.05) is 0 Å². The molecule has 0 nitrogen and oxygen atoms in total. The Morgan fingerprint density at radius 2 is 1.13 bits per heavy atom. The second kappa shape index (κ2) is 6.86. The molecule has 2 rings (SSSR count). The van der Waals surface area contributed by atoms with Crippen LogP contribution in [0.3, 0.4) is 0 Å². The van der Waals surface area contributed by atoms with E-state index in [2.05, 4.69) is 64.1 Å². The molecule has 0 amide bonds. The Bertz CT molecular complexity index is 308. The first kappa shape index (κ1) is 14.5. The van der Waals surface area contributed by atoms with Crippen molar-refractivity contribution in [1.82, 2.24) is 0 Å². The zero-order chi connectivity index (χ0) is 10.6. The van der Waals surface area contributed by atoms with Crippen LogP contribution in [0.15, 0.2) is 36.4 Å². The summed E-state index contributed by atoms with van der Waals surface area (Å²) in [5.74, 6) is 0. The molecule has 76 valence electrons. The molecule has 15 heavy (non-hydrogen) atoms. The van der Waals surface area contributed by atoms with Crippen molar-refractivity contribution >= 4 is 23.1 Å². The maximum Gasteiger partial charge on any atom is 2.00 e. The van der Waals surface area contributed by atoms with Crippen molar-refractivity contribution in [3.8, 4) is 0 Å². The van der Waals surface area contributed by atoms with Crippen molar-refractivity contribution in [2.45, 2.75) is 27.7 Å². The largest absolute Gasteiger partial charge is 2.00 e. The van der Waals surface area contributed by atoms with Gasteiger partial charge in [-0.2, -0.15) is 35.4 Å². The summed E-state index contributed by atoms with van der Waals surface area (Å²) in [6.45, 7) is 8.42. The van der Waals surface area contributed by atoms with Crippen molar-refractivity contribution in [3.05, 3.63) is 58.7 Å². The van der Waals surface area contributed by atoms with Gasteiger partial charge >= 0.3 is 23.1 Å². The van der Waals surface area contributed by atoms with Crippen LogP contribution in [0.4, 0.5) is 0 Å². The van der Waals surface area contributed by atoms with E-state index >= 15 is 0 Å². The number of rotatable bonds is 0. The molecule has 0 radical (unpaired) electrons. The van der Waals surface area contributed by atoms with Gasteiger partial charge in [-0.15, -0.1) is 0 Å². The predicted octanol–water partition coefficient (Wildman–Crippen LogP) is 3.66.